The monoisotopic (exact) mass is 524 g/mol. The summed E-state index contributed by atoms with van der Waals surface area (Å²) >= 11 is 1.64. The van der Waals surface area contributed by atoms with Crippen LogP contribution in [0.25, 0.3) is 26.3 Å². The van der Waals surface area contributed by atoms with E-state index in [1.165, 1.54) is 5.56 Å². The van der Waals surface area contributed by atoms with E-state index in [1.807, 2.05) is 53.3 Å². The van der Waals surface area contributed by atoms with Crippen molar-refractivity contribution in [3.63, 3.8) is 0 Å². The normalized spacial score (nSPS) is 11.5. The number of methoxy groups -OCH3 is 1. The third kappa shape index (κ3) is 4.85. The van der Waals surface area contributed by atoms with Gasteiger partial charge in [-0.1, -0.05) is 42.5 Å². The van der Waals surface area contributed by atoms with Crippen molar-refractivity contribution in [1.29, 1.82) is 0 Å². The Morgan fingerprint density at radius 3 is 2.58 bits per heavy atom. The van der Waals surface area contributed by atoms with E-state index in [9.17, 15) is 0 Å². The average Bonchev–Trinajstić information content (AvgIpc) is 3.69. The van der Waals surface area contributed by atoms with Gasteiger partial charge in [0.15, 0.2) is 5.82 Å². The van der Waals surface area contributed by atoms with Crippen molar-refractivity contribution in [3.05, 3.63) is 96.1 Å². The second-order valence-corrected chi connectivity index (χ2v) is 10.1. The Hall–Kier alpha value is -4.21. The number of nitrogens with zero attached hydrogens (tertiary/aromatic N) is 5. The molecule has 2 aromatic carbocycles. The molecule has 0 bridgehead atoms. The maximum absolute atomic E-state index is 6.46. The predicted octanol–water partition coefficient (Wildman–Crippen LogP) is 5.62. The summed E-state index contributed by atoms with van der Waals surface area (Å²) in [4.78, 5) is 9.69. The number of ether oxygens (including phenoxy) is 2. The minimum Gasteiger partial charge on any atom is -0.497 e. The first kappa shape index (κ1) is 24.1. The first-order valence-electron chi connectivity index (χ1n) is 12.5. The summed E-state index contributed by atoms with van der Waals surface area (Å²) in [5.74, 6) is 2.24. The summed E-state index contributed by atoms with van der Waals surface area (Å²) in [6, 6.07) is 22.3. The molecule has 6 rings (SSSR count). The van der Waals surface area contributed by atoms with E-state index in [-0.39, 0.29) is 0 Å². The van der Waals surface area contributed by atoms with Crippen molar-refractivity contribution in [2.75, 3.05) is 19.5 Å². The van der Waals surface area contributed by atoms with Gasteiger partial charge >= 0.3 is 0 Å². The summed E-state index contributed by atoms with van der Waals surface area (Å²) in [5, 5.41) is 5.38. The lowest BCUT2D eigenvalue weighted by atomic mass is 10.2. The maximum Gasteiger partial charge on any atom is 0.152 e. The van der Waals surface area contributed by atoms with Crippen LogP contribution in [-0.4, -0.2) is 38.0 Å². The summed E-state index contributed by atoms with van der Waals surface area (Å²) < 4.78 is 16.5. The van der Waals surface area contributed by atoms with Crippen LogP contribution in [0.15, 0.2) is 79.1 Å². The quantitative estimate of drug-likeness (QED) is 0.234. The van der Waals surface area contributed by atoms with Gasteiger partial charge in [0.2, 0.25) is 0 Å². The molecule has 0 spiro atoms. The Morgan fingerprint density at radius 2 is 1.82 bits per heavy atom. The van der Waals surface area contributed by atoms with Gasteiger partial charge in [0.1, 0.15) is 22.1 Å². The van der Waals surface area contributed by atoms with Gasteiger partial charge in [0.25, 0.3) is 0 Å². The van der Waals surface area contributed by atoms with E-state index in [1.54, 1.807) is 24.6 Å². The van der Waals surface area contributed by atoms with Crippen LogP contribution in [0.2, 0.25) is 0 Å². The van der Waals surface area contributed by atoms with Crippen molar-refractivity contribution >= 4 is 38.4 Å². The molecule has 0 fully saturated rings. The molecule has 0 atom stereocenters. The van der Waals surface area contributed by atoms with Gasteiger partial charge < -0.3 is 19.8 Å². The van der Waals surface area contributed by atoms with Crippen molar-refractivity contribution in [1.82, 2.24) is 24.3 Å². The number of anilines is 1. The summed E-state index contributed by atoms with van der Waals surface area (Å²) in [5.41, 5.74) is 11.4. The lowest BCUT2D eigenvalue weighted by molar-refractivity contribution is 0.118. The number of rotatable bonds is 10. The second kappa shape index (κ2) is 10.6. The zero-order valence-corrected chi connectivity index (χ0v) is 21.9. The molecule has 0 saturated heterocycles. The van der Waals surface area contributed by atoms with Gasteiger partial charge in [-0.05, 0) is 35.7 Å². The number of aryl methyl sites for hydroxylation is 1. The van der Waals surface area contributed by atoms with E-state index in [4.69, 9.17) is 25.2 Å². The van der Waals surface area contributed by atoms with Crippen LogP contribution < -0.4 is 10.5 Å². The van der Waals surface area contributed by atoms with Crippen LogP contribution in [0.5, 0.6) is 5.75 Å². The molecule has 6 aromatic rings. The third-order valence-corrected chi connectivity index (χ3v) is 7.60. The SMILES string of the molecule is COc1ccc(Cn2c(CCCOCc3ccccc3)nc3c(N)nc4cc(-n5cccn5)sc4c32)cc1. The van der Waals surface area contributed by atoms with Crippen molar-refractivity contribution in [3.8, 4) is 10.8 Å². The Bertz CT molecular complexity index is 1660. The van der Waals surface area contributed by atoms with Gasteiger partial charge in [-0.15, -0.1) is 11.3 Å². The fourth-order valence-corrected chi connectivity index (χ4v) is 5.69. The van der Waals surface area contributed by atoms with Crippen LogP contribution in [-0.2, 0) is 24.3 Å². The molecule has 2 N–H and O–H groups in total. The number of aromatic nitrogens is 5. The maximum atomic E-state index is 6.46. The molecule has 0 amide bonds. The number of nitrogen functional groups attached to an aromatic ring is 1. The molecule has 8 nitrogen and oxygen atoms in total. The molecule has 0 saturated carbocycles. The molecule has 4 heterocycles. The van der Waals surface area contributed by atoms with Gasteiger partial charge in [0.05, 0.1) is 29.5 Å². The minimum atomic E-state index is 0.437. The number of nitrogens with two attached hydrogens (primary N) is 1. The van der Waals surface area contributed by atoms with E-state index < -0.39 is 0 Å². The zero-order valence-electron chi connectivity index (χ0n) is 21.1. The number of pyridine rings is 1. The first-order valence-corrected chi connectivity index (χ1v) is 13.3. The number of fused-ring (bicyclic) bond motifs is 3. The number of thiophene rings is 1. The Balaban J connectivity index is 1.34. The highest BCUT2D eigenvalue weighted by Crippen LogP contribution is 2.36. The third-order valence-electron chi connectivity index (χ3n) is 6.48. The molecular formula is C29H28N6O2S. The molecule has 0 radical (unpaired) electrons. The van der Waals surface area contributed by atoms with E-state index >= 15 is 0 Å². The Morgan fingerprint density at radius 1 is 0.974 bits per heavy atom. The summed E-state index contributed by atoms with van der Waals surface area (Å²) in [6.07, 6.45) is 5.31. The van der Waals surface area contributed by atoms with Crippen molar-refractivity contribution < 1.29 is 9.47 Å². The predicted molar refractivity (Wildman–Crippen MR) is 151 cm³/mol. The highest BCUT2D eigenvalue weighted by Gasteiger charge is 2.20. The van der Waals surface area contributed by atoms with Crippen LogP contribution >= 0.6 is 11.3 Å². The van der Waals surface area contributed by atoms with E-state index in [2.05, 4.69) is 33.9 Å². The topological polar surface area (TPSA) is 93.0 Å². The van der Waals surface area contributed by atoms with E-state index in [0.717, 1.165) is 56.2 Å². The summed E-state index contributed by atoms with van der Waals surface area (Å²) in [6.45, 7) is 1.91. The average molecular weight is 525 g/mol. The smallest absolute Gasteiger partial charge is 0.152 e. The van der Waals surface area contributed by atoms with Crippen LogP contribution in [0, 0.1) is 0 Å². The van der Waals surface area contributed by atoms with Gasteiger partial charge in [-0.3, -0.25) is 0 Å². The lowest BCUT2D eigenvalue weighted by Gasteiger charge is -2.11. The Kier molecular flexibility index (Phi) is 6.76. The standard InChI is InChI=1S/C29H28N6O2S/c1-36-22-12-10-20(11-13-22)18-34-24(9-5-16-37-19-21-7-3-2-4-8-21)33-26-27(34)28-23(32-29(26)30)17-25(38-28)35-15-6-14-31-35/h2-4,6-8,10-15,17H,5,9,16,18-19H2,1H3,(H2,30,32). The second-order valence-electron chi connectivity index (χ2n) is 9.05. The van der Waals surface area contributed by atoms with Crippen LogP contribution in [0.1, 0.15) is 23.4 Å². The van der Waals surface area contributed by atoms with E-state index in [0.29, 0.717) is 25.6 Å². The zero-order chi connectivity index (χ0) is 25.9. The molecule has 192 valence electrons. The molecule has 0 aliphatic heterocycles. The molecule has 0 unspecified atom stereocenters. The van der Waals surface area contributed by atoms with Gasteiger partial charge in [-0.2, -0.15) is 5.10 Å². The largest absolute Gasteiger partial charge is 0.497 e. The number of benzene rings is 2. The van der Waals surface area contributed by atoms with Crippen molar-refractivity contribution in [2.24, 2.45) is 0 Å². The van der Waals surface area contributed by atoms with Crippen molar-refractivity contribution in [2.45, 2.75) is 26.0 Å². The summed E-state index contributed by atoms with van der Waals surface area (Å²) in [7, 11) is 1.68. The van der Waals surface area contributed by atoms with Gasteiger partial charge in [-0.25, -0.2) is 14.6 Å². The fourth-order valence-electron chi connectivity index (χ4n) is 4.60. The first-order chi connectivity index (χ1) is 18.7. The minimum absolute atomic E-state index is 0.437. The highest BCUT2D eigenvalue weighted by molar-refractivity contribution is 7.22. The van der Waals surface area contributed by atoms with Crippen LogP contribution in [0.3, 0.4) is 0 Å². The lowest BCUT2D eigenvalue weighted by Crippen LogP contribution is -2.07. The number of hydrogen-bond donors (Lipinski definition) is 1. The molecule has 0 aliphatic rings. The van der Waals surface area contributed by atoms with Gasteiger partial charge in [0, 0.05) is 38.0 Å². The molecular weight excluding hydrogens is 496 g/mol. The Labute approximate surface area is 224 Å². The molecule has 38 heavy (non-hydrogen) atoms. The van der Waals surface area contributed by atoms with Crippen LogP contribution in [0.4, 0.5) is 5.82 Å². The fraction of sp³-hybridized carbons (Fsp3) is 0.207. The molecule has 0 aliphatic carbocycles. The number of hydrogen-bond acceptors (Lipinski definition) is 7. The highest BCUT2D eigenvalue weighted by atomic mass is 32.1. The number of imidazole rings is 1. The molecule has 9 heteroatoms. The molecule has 4 aromatic heterocycles.